The largest absolute Gasteiger partial charge is 0.357 e. The molecule has 0 saturated carbocycles. The number of rotatable bonds is 3. The number of anilines is 1. The molecule has 0 radical (unpaired) electrons. The summed E-state index contributed by atoms with van der Waals surface area (Å²) in [7, 11) is 0. The minimum Gasteiger partial charge on any atom is -0.357 e. The highest BCUT2D eigenvalue weighted by molar-refractivity contribution is 6.11. The third kappa shape index (κ3) is 3.12. The molecule has 1 saturated heterocycles. The summed E-state index contributed by atoms with van der Waals surface area (Å²) in [5, 5.41) is 8.77. The van der Waals surface area contributed by atoms with Gasteiger partial charge >= 0.3 is 0 Å². The van der Waals surface area contributed by atoms with Crippen molar-refractivity contribution in [1.82, 2.24) is 20.2 Å². The van der Waals surface area contributed by atoms with Crippen LogP contribution < -0.4 is 4.90 Å². The van der Waals surface area contributed by atoms with Gasteiger partial charge in [-0.15, -0.1) is 0 Å². The zero-order chi connectivity index (χ0) is 18.1. The van der Waals surface area contributed by atoms with E-state index in [1.807, 2.05) is 6.21 Å². The third-order valence-corrected chi connectivity index (χ3v) is 5.32. The van der Waals surface area contributed by atoms with E-state index >= 15 is 0 Å². The van der Waals surface area contributed by atoms with E-state index in [1.54, 1.807) is 6.33 Å². The van der Waals surface area contributed by atoms with Crippen molar-refractivity contribution in [2.75, 3.05) is 24.5 Å². The number of fused-ring (bicyclic) bond motifs is 1. The summed E-state index contributed by atoms with van der Waals surface area (Å²) in [6.45, 7) is 3.01. The number of hydrogen-bond donors (Lipinski definition) is 1. The number of H-pyrrole nitrogens is 1. The fourth-order valence-electron chi connectivity index (χ4n) is 3.86. The molecule has 2 aromatic heterocycles. The Morgan fingerprint density at radius 2 is 1.93 bits per heavy atom. The Bertz CT molecular complexity index is 1030. The minimum atomic E-state index is 0.861. The van der Waals surface area contributed by atoms with Crippen LogP contribution in [0.25, 0.3) is 27.9 Å². The molecule has 136 valence electrons. The summed E-state index contributed by atoms with van der Waals surface area (Å²) in [5.74, 6) is 0.995. The molecular weight excluding hydrogens is 336 g/mol. The van der Waals surface area contributed by atoms with Gasteiger partial charge in [-0.25, -0.2) is 9.97 Å². The van der Waals surface area contributed by atoms with Gasteiger partial charge in [0.25, 0.3) is 0 Å². The van der Waals surface area contributed by atoms with Crippen LogP contribution in [0.15, 0.2) is 41.7 Å². The normalized spacial score (nSPS) is 17.3. The molecule has 6 nitrogen and oxygen atoms in total. The molecule has 5 rings (SSSR count). The summed E-state index contributed by atoms with van der Waals surface area (Å²) in [4.78, 5) is 15.8. The number of aliphatic imine (C=N–C) groups is 1. The maximum atomic E-state index is 4.55. The Morgan fingerprint density at radius 3 is 2.78 bits per heavy atom. The summed E-state index contributed by atoms with van der Waals surface area (Å²) in [6.07, 6.45) is 10.6. The first-order valence-corrected chi connectivity index (χ1v) is 9.64. The van der Waals surface area contributed by atoms with E-state index in [9.17, 15) is 0 Å². The molecule has 0 aliphatic carbocycles. The highest BCUT2D eigenvalue weighted by atomic mass is 15.2. The van der Waals surface area contributed by atoms with E-state index in [4.69, 9.17) is 0 Å². The molecular formula is C21H22N6. The van der Waals surface area contributed by atoms with Crippen LogP contribution in [-0.4, -0.2) is 46.0 Å². The maximum absolute atomic E-state index is 4.55. The standard InChI is InChI=1S/C21H22N6/c1-2-9-27(10-3-1)20-12-19(23-14-24-20)21-17-11-15(6-7-18(17)25-26-21)16-5-4-8-22-13-16/h5-7,11-14H,1-4,8-10H2,(H,25,26). The van der Waals surface area contributed by atoms with Crippen LogP contribution in [0.3, 0.4) is 0 Å². The van der Waals surface area contributed by atoms with Gasteiger partial charge in [0.05, 0.1) is 11.2 Å². The van der Waals surface area contributed by atoms with E-state index in [1.165, 1.54) is 30.4 Å². The van der Waals surface area contributed by atoms with Crippen LogP contribution in [0.1, 0.15) is 31.2 Å². The monoisotopic (exact) mass is 358 g/mol. The first-order valence-electron chi connectivity index (χ1n) is 9.64. The predicted molar refractivity (Wildman–Crippen MR) is 109 cm³/mol. The topological polar surface area (TPSA) is 70.1 Å². The molecule has 1 N–H and O–H groups in total. The van der Waals surface area contributed by atoms with Gasteiger partial charge in [-0.2, -0.15) is 5.10 Å². The van der Waals surface area contributed by atoms with Crippen LogP contribution >= 0.6 is 0 Å². The number of piperidine rings is 1. The van der Waals surface area contributed by atoms with E-state index in [-0.39, 0.29) is 0 Å². The SMILES string of the molecule is C1=NCCC=C1c1ccc2[nH]nc(-c3cc(N4CCCCC4)ncn3)c2c1. The fourth-order valence-corrected chi connectivity index (χ4v) is 3.86. The Balaban J connectivity index is 1.54. The number of nitrogens with one attached hydrogen (secondary N) is 1. The van der Waals surface area contributed by atoms with Gasteiger partial charge in [0, 0.05) is 37.3 Å². The molecule has 3 aromatic rings. The van der Waals surface area contributed by atoms with Gasteiger partial charge in [-0.1, -0.05) is 12.1 Å². The Hall–Kier alpha value is -3.02. The van der Waals surface area contributed by atoms with E-state index < -0.39 is 0 Å². The zero-order valence-electron chi connectivity index (χ0n) is 15.2. The maximum Gasteiger partial charge on any atom is 0.132 e. The van der Waals surface area contributed by atoms with Crippen LogP contribution in [0.4, 0.5) is 5.82 Å². The predicted octanol–water partition coefficient (Wildman–Crippen LogP) is 3.87. The van der Waals surface area contributed by atoms with Crippen LogP contribution in [-0.2, 0) is 0 Å². The quantitative estimate of drug-likeness (QED) is 0.772. The van der Waals surface area contributed by atoms with Gasteiger partial charge in [0.2, 0.25) is 0 Å². The van der Waals surface area contributed by atoms with Crippen molar-refractivity contribution in [2.24, 2.45) is 4.99 Å². The summed E-state index contributed by atoms with van der Waals surface area (Å²) >= 11 is 0. The molecule has 0 atom stereocenters. The molecule has 6 heteroatoms. The van der Waals surface area contributed by atoms with Gasteiger partial charge in [0.15, 0.2) is 0 Å². The number of benzene rings is 1. The van der Waals surface area contributed by atoms with Crippen molar-refractivity contribution >= 4 is 28.5 Å². The van der Waals surface area contributed by atoms with Crippen LogP contribution in [0.2, 0.25) is 0 Å². The first kappa shape index (κ1) is 16.2. The Kier molecular flexibility index (Phi) is 4.16. The van der Waals surface area contributed by atoms with Gasteiger partial charge in [-0.3, -0.25) is 10.1 Å². The highest BCUT2D eigenvalue weighted by Crippen LogP contribution is 2.30. The van der Waals surface area contributed by atoms with Gasteiger partial charge in [0.1, 0.15) is 17.8 Å². The lowest BCUT2D eigenvalue weighted by Crippen LogP contribution is -2.30. The number of hydrogen-bond acceptors (Lipinski definition) is 5. The van der Waals surface area contributed by atoms with Crippen molar-refractivity contribution < 1.29 is 0 Å². The molecule has 0 spiro atoms. The zero-order valence-corrected chi connectivity index (χ0v) is 15.2. The molecule has 4 heterocycles. The minimum absolute atomic E-state index is 0.861. The van der Waals surface area contributed by atoms with Gasteiger partial charge < -0.3 is 4.90 Å². The summed E-state index contributed by atoms with van der Waals surface area (Å²) in [5.41, 5.74) is 5.09. The molecule has 0 unspecified atom stereocenters. The van der Waals surface area contributed by atoms with E-state index in [0.717, 1.165) is 54.2 Å². The molecule has 2 aliphatic heterocycles. The molecule has 1 aromatic carbocycles. The number of aromatic amines is 1. The van der Waals surface area contributed by atoms with Crippen LogP contribution in [0, 0.1) is 0 Å². The number of dihydropyridines is 1. The van der Waals surface area contributed by atoms with E-state index in [2.05, 4.69) is 60.4 Å². The lowest BCUT2D eigenvalue weighted by Gasteiger charge is -2.27. The number of allylic oxidation sites excluding steroid dienone is 1. The first-order chi connectivity index (χ1) is 13.4. The number of nitrogens with zero attached hydrogens (tertiary/aromatic N) is 5. The van der Waals surface area contributed by atoms with Crippen molar-refractivity contribution in [3.05, 3.63) is 42.2 Å². The second-order valence-corrected chi connectivity index (χ2v) is 7.13. The van der Waals surface area contributed by atoms with Crippen LogP contribution in [0.5, 0.6) is 0 Å². The summed E-state index contributed by atoms with van der Waals surface area (Å²) in [6, 6.07) is 8.44. The van der Waals surface area contributed by atoms with Crippen molar-refractivity contribution in [1.29, 1.82) is 0 Å². The third-order valence-electron chi connectivity index (χ3n) is 5.32. The highest BCUT2D eigenvalue weighted by Gasteiger charge is 2.16. The molecule has 1 fully saturated rings. The average molecular weight is 358 g/mol. The van der Waals surface area contributed by atoms with Gasteiger partial charge in [-0.05, 0) is 49.0 Å². The molecule has 0 amide bonds. The van der Waals surface area contributed by atoms with Crippen molar-refractivity contribution in [3.63, 3.8) is 0 Å². The average Bonchev–Trinajstić information content (AvgIpc) is 3.18. The molecule has 27 heavy (non-hydrogen) atoms. The second kappa shape index (κ2) is 6.95. The van der Waals surface area contributed by atoms with E-state index in [0.29, 0.717) is 0 Å². The smallest absolute Gasteiger partial charge is 0.132 e. The fraction of sp³-hybridized carbons (Fsp3) is 0.333. The lowest BCUT2D eigenvalue weighted by atomic mass is 10.0. The van der Waals surface area contributed by atoms with Crippen molar-refractivity contribution in [2.45, 2.75) is 25.7 Å². The second-order valence-electron chi connectivity index (χ2n) is 7.13. The Labute approximate surface area is 158 Å². The van der Waals surface area contributed by atoms with Crippen molar-refractivity contribution in [3.8, 4) is 11.4 Å². The molecule has 0 bridgehead atoms. The lowest BCUT2D eigenvalue weighted by molar-refractivity contribution is 0.573. The molecule has 2 aliphatic rings. The summed E-state index contributed by atoms with van der Waals surface area (Å²) < 4.78 is 0. The Morgan fingerprint density at radius 1 is 1.00 bits per heavy atom. The number of aromatic nitrogens is 4.